The van der Waals surface area contributed by atoms with Crippen molar-refractivity contribution < 1.29 is 22.7 Å². The van der Waals surface area contributed by atoms with Crippen LogP contribution in [0.3, 0.4) is 0 Å². The molecule has 0 fully saturated rings. The summed E-state index contributed by atoms with van der Waals surface area (Å²) in [5.41, 5.74) is 0.551. The van der Waals surface area contributed by atoms with Gasteiger partial charge in [-0.2, -0.15) is 0 Å². The summed E-state index contributed by atoms with van der Waals surface area (Å²) in [4.78, 5) is 12.6. The fourth-order valence-corrected chi connectivity index (χ4v) is 4.12. The number of carbonyl (C=O) groups is 1. The van der Waals surface area contributed by atoms with Gasteiger partial charge in [0.05, 0.1) is 17.2 Å². The average molecular weight is 400 g/mol. The number of hydrogen-bond donors (Lipinski definition) is 2. The van der Waals surface area contributed by atoms with Crippen LogP contribution < -0.4 is 4.72 Å². The Morgan fingerprint density at radius 2 is 1.86 bits per heavy atom. The van der Waals surface area contributed by atoms with E-state index in [0.717, 1.165) is 0 Å². The number of aromatic nitrogens is 1. The fourth-order valence-electron chi connectivity index (χ4n) is 2.68. The molecule has 0 amide bonds. The van der Waals surface area contributed by atoms with Crippen molar-refractivity contribution in [3.8, 4) is 0 Å². The van der Waals surface area contributed by atoms with Crippen LogP contribution in [0.5, 0.6) is 0 Å². The van der Waals surface area contributed by atoms with E-state index >= 15 is 0 Å². The van der Waals surface area contributed by atoms with Crippen LogP contribution in [0, 0.1) is 6.92 Å². The van der Waals surface area contributed by atoms with Crippen molar-refractivity contribution in [1.82, 2.24) is 9.29 Å². The highest BCUT2D eigenvalue weighted by atomic mass is 32.2. The predicted octanol–water partition coefficient (Wildman–Crippen LogP) is 2.45. The van der Waals surface area contributed by atoms with Crippen molar-refractivity contribution in [3.63, 3.8) is 0 Å². The normalized spacial score (nSPS) is 14.2. The Bertz CT molecular complexity index is 1050. The monoisotopic (exact) mass is 400 g/mol. The lowest BCUT2D eigenvalue weighted by Crippen LogP contribution is -2.47. The van der Waals surface area contributed by atoms with Gasteiger partial charge in [0.15, 0.2) is 6.10 Å². The smallest absolute Gasteiger partial charge is 0.261 e. The van der Waals surface area contributed by atoms with Crippen LogP contribution in [-0.2, 0) is 10.0 Å². The fraction of sp³-hybridized carbons (Fsp3) is 0.150. The Morgan fingerprint density at radius 1 is 1.14 bits per heavy atom. The minimum Gasteiger partial charge on any atom is -0.465 e. The molecule has 2 N–H and O–H groups in total. The van der Waals surface area contributed by atoms with E-state index in [-0.39, 0.29) is 4.90 Å². The topological polar surface area (TPSA) is 102 Å². The molecule has 0 aliphatic carbocycles. The first-order chi connectivity index (χ1) is 13.4. The highest BCUT2D eigenvalue weighted by Crippen LogP contribution is 2.16. The largest absolute Gasteiger partial charge is 0.465 e. The van der Waals surface area contributed by atoms with Gasteiger partial charge in [-0.25, -0.2) is 13.1 Å². The lowest BCUT2D eigenvalue weighted by atomic mass is 10.1. The molecule has 0 aliphatic heterocycles. The maximum absolute atomic E-state index is 12.8. The predicted molar refractivity (Wildman–Crippen MR) is 104 cm³/mol. The lowest BCUT2D eigenvalue weighted by molar-refractivity contribution is 0.0622. The number of aliphatic hydroxyl groups excluding tert-OH is 1. The van der Waals surface area contributed by atoms with Gasteiger partial charge in [0.1, 0.15) is 5.76 Å². The Kier molecular flexibility index (Phi) is 5.93. The Labute approximate surface area is 163 Å². The van der Waals surface area contributed by atoms with Crippen molar-refractivity contribution >= 4 is 22.0 Å². The second kappa shape index (κ2) is 8.39. The third-order valence-corrected chi connectivity index (χ3v) is 5.76. The van der Waals surface area contributed by atoms with Crippen LogP contribution in [0.2, 0.25) is 0 Å². The Hall–Kier alpha value is -2.94. The zero-order chi connectivity index (χ0) is 20.1. The van der Waals surface area contributed by atoms with E-state index in [9.17, 15) is 18.3 Å². The van der Waals surface area contributed by atoms with Crippen molar-refractivity contribution in [3.05, 3.63) is 84.6 Å². The molecule has 0 unspecified atom stereocenters. The zero-order valence-corrected chi connectivity index (χ0v) is 15.9. The summed E-state index contributed by atoms with van der Waals surface area (Å²) in [6.07, 6.45) is 5.67. The van der Waals surface area contributed by atoms with E-state index < -0.39 is 28.1 Å². The van der Waals surface area contributed by atoms with Crippen LogP contribution in [-0.4, -0.2) is 36.1 Å². The molecule has 2 atom stereocenters. The number of aryl methyl sites for hydroxylation is 1. The van der Waals surface area contributed by atoms with Gasteiger partial charge in [0, 0.05) is 12.4 Å². The summed E-state index contributed by atoms with van der Waals surface area (Å²) < 4.78 is 34.5. The molecule has 146 valence electrons. The molecule has 0 spiro atoms. The second-order valence-corrected chi connectivity index (χ2v) is 7.84. The van der Waals surface area contributed by atoms with Gasteiger partial charge >= 0.3 is 0 Å². The highest BCUT2D eigenvalue weighted by molar-refractivity contribution is 7.89. The van der Waals surface area contributed by atoms with Crippen molar-refractivity contribution in [1.29, 1.82) is 0 Å². The number of nitrogens with zero attached hydrogens (tertiary/aromatic N) is 1. The van der Waals surface area contributed by atoms with E-state index in [0.29, 0.717) is 11.3 Å². The van der Waals surface area contributed by atoms with E-state index in [1.54, 1.807) is 49.4 Å². The van der Waals surface area contributed by atoms with Crippen LogP contribution in [0.1, 0.15) is 16.1 Å². The van der Waals surface area contributed by atoms with Gasteiger partial charge in [0.2, 0.25) is 10.0 Å². The van der Waals surface area contributed by atoms with E-state index in [1.807, 2.05) is 0 Å². The minimum absolute atomic E-state index is 0.0759. The van der Waals surface area contributed by atoms with Gasteiger partial charge < -0.3 is 9.52 Å². The molecule has 3 aromatic rings. The average Bonchev–Trinajstić information content (AvgIpc) is 3.37. The Morgan fingerprint density at radius 3 is 2.50 bits per heavy atom. The summed E-state index contributed by atoms with van der Waals surface area (Å²) in [7, 11) is -3.98. The molecule has 2 heterocycles. The molecular formula is C20H20N2O5S. The molecule has 7 nitrogen and oxygen atoms in total. The summed E-state index contributed by atoms with van der Waals surface area (Å²) in [6, 6.07) is 11.9. The van der Waals surface area contributed by atoms with Crippen molar-refractivity contribution in [2.45, 2.75) is 24.0 Å². The molecule has 0 bridgehead atoms. The van der Waals surface area contributed by atoms with Gasteiger partial charge in [-0.1, -0.05) is 24.3 Å². The summed E-state index contributed by atoms with van der Waals surface area (Å²) in [6.45, 7) is 1.67. The number of rotatable bonds is 7. The molecule has 2 aromatic heterocycles. The first kappa shape index (κ1) is 19.8. The molecule has 0 saturated heterocycles. The van der Waals surface area contributed by atoms with Crippen LogP contribution in [0.25, 0.3) is 6.08 Å². The number of sulfonamides is 1. The van der Waals surface area contributed by atoms with E-state index in [2.05, 4.69) is 4.72 Å². The van der Waals surface area contributed by atoms with E-state index in [1.165, 1.54) is 41.4 Å². The van der Waals surface area contributed by atoms with Crippen LogP contribution >= 0.6 is 0 Å². The second-order valence-electron chi connectivity index (χ2n) is 6.16. The SMILES string of the molecule is Cc1ccccc1S(=O)(=O)N[C@@H](/C=C/c1ccco1)[C@H](O)C(=O)n1cccc1. The number of carbonyl (C=O) groups excluding carboxylic acids is 1. The summed E-state index contributed by atoms with van der Waals surface area (Å²) in [5.74, 6) is -0.202. The molecule has 3 rings (SSSR count). The van der Waals surface area contributed by atoms with E-state index in [4.69, 9.17) is 4.42 Å². The third-order valence-electron chi connectivity index (χ3n) is 4.14. The molecule has 0 aliphatic rings. The number of hydrogen-bond acceptors (Lipinski definition) is 5. The number of aliphatic hydroxyl groups is 1. The molecule has 28 heavy (non-hydrogen) atoms. The van der Waals surface area contributed by atoms with Gasteiger partial charge in [0.25, 0.3) is 5.91 Å². The van der Waals surface area contributed by atoms with Crippen LogP contribution in [0.4, 0.5) is 0 Å². The number of nitrogens with one attached hydrogen (secondary N) is 1. The highest BCUT2D eigenvalue weighted by Gasteiger charge is 2.30. The van der Waals surface area contributed by atoms with Gasteiger partial charge in [-0.3, -0.25) is 9.36 Å². The third kappa shape index (κ3) is 4.48. The summed E-state index contributed by atoms with van der Waals surface area (Å²) in [5, 5.41) is 10.6. The number of furan rings is 1. The number of benzene rings is 1. The maximum atomic E-state index is 12.8. The minimum atomic E-state index is -3.98. The maximum Gasteiger partial charge on any atom is 0.261 e. The first-order valence-electron chi connectivity index (χ1n) is 8.53. The summed E-state index contributed by atoms with van der Waals surface area (Å²) >= 11 is 0. The van der Waals surface area contributed by atoms with Crippen molar-refractivity contribution in [2.75, 3.05) is 0 Å². The molecule has 1 aromatic carbocycles. The Balaban J connectivity index is 1.91. The van der Waals surface area contributed by atoms with Gasteiger partial charge in [-0.05, 0) is 48.9 Å². The van der Waals surface area contributed by atoms with Crippen molar-refractivity contribution in [2.24, 2.45) is 0 Å². The molecule has 8 heteroatoms. The molecule has 0 radical (unpaired) electrons. The lowest BCUT2D eigenvalue weighted by Gasteiger charge is -2.21. The molecular weight excluding hydrogens is 380 g/mol. The quantitative estimate of drug-likeness (QED) is 0.634. The first-order valence-corrected chi connectivity index (χ1v) is 10.0. The standard InChI is InChI=1S/C20H20N2O5S/c1-15-7-2-3-9-18(15)28(25,26)21-17(11-10-16-8-6-14-27-16)19(23)20(24)22-12-4-5-13-22/h2-14,17,19,21,23H,1H3/b11-10+/t17-,19-/m0/s1. The zero-order valence-electron chi connectivity index (χ0n) is 15.1. The van der Waals surface area contributed by atoms with Gasteiger partial charge in [-0.15, -0.1) is 0 Å². The molecule has 0 saturated carbocycles. The van der Waals surface area contributed by atoms with Crippen LogP contribution in [0.15, 0.2) is 82.6 Å².